The number of aryl methyl sites for hydroxylation is 1. The van der Waals surface area contributed by atoms with Crippen LogP contribution in [0.1, 0.15) is 43.0 Å². The summed E-state index contributed by atoms with van der Waals surface area (Å²) in [5.41, 5.74) is 6.15. The Labute approximate surface area is 186 Å². The van der Waals surface area contributed by atoms with Crippen LogP contribution >= 0.6 is 0 Å². The highest BCUT2D eigenvalue weighted by molar-refractivity contribution is 6.32. The van der Waals surface area contributed by atoms with Crippen molar-refractivity contribution in [1.29, 1.82) is 0 Å². The smallest absolute Gasteiger partial charge is 0.196 e. The zero-order chi connectivity index (χ0) is 22.2. The van der Waals surface area contributed by atoms with Crippen LogP contribution < -0.4 is 10.6 Å². The summed E-state index contributed by atoms with van der Waals surface area (Å²) in [4.78, 5) is 27.1. The second kappa shape index (κ2) is 7.82. The minimum Gasteiger partial charge on any atom is -0.355 e. The van der Waals surface area contributed by atoms with Gasteiger partial charge in [-0.1, -0.05) is 54.1 Å². The first kappa shape index (κ1) is 19.8. The summed E-state index contributed by atoms with van der Waals surface area (Å²) in [6, 6.07) is 25.7. The molecule has 0 bridgehead atoms. The summed E-state index contributed by atoms with van der Waals surface area (Å²) >= 11 is 0. The molecule has 0 amide bonds. The van der Waals surface area contributed by atoms with Gasteiger partial charge in [0.25, 0.3) is 0 Å². The molecule has 0 aliphatic heterocycles. The average Bonchev–Trinajstić information content (AvgIpc) is 2.81. The van der Waals surface area contributed by atoms with Crippen LogP contribution in [0, 0.1) is 13.8 Å². The van der Waals surface area contributed by atoms with E-state index in [1.807, 2.05) is 55.5 Å². The highest BCUT2D eigenvalue weighted by Gasteiger charge is 2.34. The van der Waals surface area contributed by atoms with Crippen molar-refractivity contribution in [1.82, 2.24) is 0 Å². The maximum atomic E-state index is 13.5. The number of rotatable bonds is 4. The standard InChI is InChI=1S/C28H20N2O2/c1-17-7-11-19(12-8-17)29-23-15-16-24(30-20-13-9-18(2)10-14-20)26-25(23)27(31)21-5-3-4-6-22(21)28(26)32/h1,3-16,29-30H,2H3. The van der Waals surface area contributed by atoms with Gasteiger partial charge in [-0.3, -0.25) is 9.59 Å². The number of carbonyl (C=O) groups excluding carboxylic acids is 2. The molecule has 0 unspecified atom stereocenters. The normalized spacial score (nSPS) is 12.2. The number of carbonyl (C=O) groups is 2. The molecule has 0 fully saturated rings. The zero-order valence-corrected chi connectivity index (χ0v) is 17.5. The number of hydrogen-bond acceptors (Lipinski definition) is 4. The van der Waals surface area contributed by atoms with Gasteiger partial charge in [-0.25, -0.2) is 0 Å². The highest BCUT2D eigenvalue weighted by Crippen LogP contribution is 2.38. The number of benzene rings is 4. The first-order chi connectivity index (χ1) is 15.5. The van der Waals surface area contributed by atoms with Gasteiger partial charge in [0.05, 0.1) is 22.5 Å². The van der Waals surface area contributed by atoms with Gasteiger partial charge in [-0.15, -0.1) is 0 Å². The van der Waals surface area contributed by atoms with Gasteiger partial charge in [0.1, 0.15) is 0 Å². The van der Waals surface area contributed by atoms with Crippen molar-refractivity contribution in [3.8, 4) is 0 Å². The van der Waals surface area contributed by atoms with Crippen molar-refractivity contribution in [2.75, 3.05) is 10.6 Å². The molecule has 1 aliphatic rings. The maximum Gasteiger partial charge on any atom is 0.196 e. The van der Waals surface area contributed by atoms with E-state index in [2.05, 4.69) is 10.6 Å². The van der Waals surface area contributed by atoms with Crippen LogP contribution in [0.15, 0.2) is 84.9 Å². The number of ketones is 2. The molecule has 0 atom stereocenters. The van der Waals surface area contributed by atoms with Crippen molar-refractivity contribution in [3.63, 3.8) is 0 Å². The first-order valence-corrected chi connectivity index (χ1v) is 10.3. The van der Waals surface area contributed by atoms with E-state index in [-0.39, 0.29) is 11.6 Å². The molecule has 0 heterocycles. The third kappa shape index (κ3) is 3.46. The predicted molar refractivity (Wildman–Crippen MR) is 127 cm³/mol. The molecular weight excluding hydrogens is 396 g/mol. The van der Waals surface area contributed by atoms with E-state index in [9.17, 15) is 9.59 Å². The largest absolute Gasteiger partial charge is 0.355 e. The third-order valence-electron chi connectivity index (χ3n) is 5.60. The molecule has 5 rings (SSSR count). The van der Waals surface area contributed by atoms with Gasteiger partial charge in [-0.05, 0) is 55.8 Å². The quantitative estimate of drug-likeness (QED) is 0.360. The van der Waals surface area contributed by atoms with Gasteiger partial charge in [0.2, 0.25) is 0 Å². The lowest BCUT2D eigenvalue weighted by Gasteiger charge is -2.24. The molecule has 0 saturated carbocycles. The van der Waals surface area contributed by atoms with Crippen molar-refractivity contribution in [3.05, 3.63) is 125 Å². The van der Waals surface area contributed by atoms with Gasteiger partial charge in [0, 0.05) is 22.5 Å². The van der Waals surface area contributed by atoms with Crippen LogP contribution in [0.2, 0.25) is 0 Å². The van der Waals surface area contributed by atoms with Crippen molar-refractivity contribution in [2.45, 2.75) is 6.92 Å². The monoisotopic (exact) mass is 416 g/mol. The number of hydrogen-bond donors (Lipinski definition) is 2. The SMILES string of the molecule is [CH]c1ccc(Nc2ccc(Nc3ccc(C)cc3)c3c2C(=O)c2ccccc2C3=O)cc1. The second-order valence-electron chi connectivity index (χ2n) is 7.85. The van der Waals surface area contributed by atoms with Gasteiger partial charge in [-0.2, -0.15) is 0 Å². The van der Waals surface area contributed by atoms with E-state index in [1.165, 1.54) is 0 Å². The topological polar surface area (TPSA) is 58.2 Å². The van der Waals surface area contributed by atoms with Crippen molar-refractivity contribution < 1.29 is 9.59 Å². The van der Waals surface area contributed by atoms with Gasteiger partial charge in [0.15, 0.2) is 11.6 Å². The summed E-state index contributed by atoms with van der Waals surface area (Å²) in [6.45, 7) is 7.81. The Morgan fingerprint density at radius 3 is 1.50 bits per heavy atom. The van der Waals surface area contributed by atoms with Crippen LogP contribution in [0.5, 0.6) is 0 Å². The van der Waals surface area contributed by atoms with E-state index in [0.717, 1.165) is 16.9 Å². The van der Waals surface area contributed by atoms with E-state index in [1.54, 1.807) is 36.4 Å². The lowest BCUT2D eigenvalue weighted by atomic mass is 9.82. The van der Waals surface area contributed by atoms with E-state index in [0.29, 0.717) is 39.2 Å². The average molecular weight is 416 g/mol. The van der Waals surface area contributed by atoms with E-state index >= 15 is 0 Å². The molecule has 2 N–H and O–H groups in total. The fraction of sp³-hybridized carbons (Fsp3) is 0.0357. The van der Waals surface area contributed by atoms with Crippen LogP contribution in [0.3, 0.4) is 0 Å². The molecule has 4 nitrogen and oxygen atoms in total. The maximum absolute atomic E-state index is 13.5. The Kier molecular flexibility index (Phi) is 4.83. The Morgan fingerprint density at radius 2 is 1.03 bits per heavy atom. The van der Waals surface area contributed by atoms with Gasteiger partial charge >= 0.3 is 0 Å². The lowest BCUT2D eigenvalue weighted by Crippen LogP contribution is -2.23. The molecule has 0 aromatic heterocycles. The molecule has 32 heavy (non-hydrogen) atoms. The molecule has 2 radical (unpaired) electrons. The number of nitrogens with one attached hydrogen (secondary N) is 2. The Hall–Kier alpha value is -4.18. The summed E-state index contributed by atoms with van der Waals surface area (Å²) in [5, 5.41) is 6.61. The fourth-order valence-electron chi connectivity index (χ4n) is 3.95. The fourth-order valence-corrected chi connectivity index (χ4v) is 3.95. The number of anilines is 4. The Balaban J connectivity index is 1.65. The summed E-state index contributed by atoms with van der Waals surface area (Å²) in [6.07, 6.45) is 0. The Bertz CT molecular complexity index is 1250. The number of fused-ring (bicyclic) bond motifs is 2. The summed E-state index contributed by atoms with van der Waals surface area (Å²) < 4.78 is 0. The van der Waals surface area contributed by atoms with Gasteiger partial charge < -0.3 is 10.6 Å². The molecule has 4 heteroatoms. The van der Waals surface area contributed by atoms with Crippen LogP contribution in [-0.2, 0) is 0 Å². The first-order valence-electron chi connectivity index (χ1n) is 10.3. The third-order valence-corrected chi connectivity index (χ3v) is 5.60. The van der Waals surface area contributed by atoms with Crippen molar-refractivity contribution >= 4 is 34.3 Å². The minimum absolute atomic E-state index is 0.175. The highest BCUT2D eigenvalue weighted by atomic mass is 16.1. The van der Waals surface area contributed by atoms with Crippen LogP contribution in [0.4, 0.5) is 22.7 Å². The molecule has 4 aromatic rings. The molecule has 0 spiro atoms. The molecule has 4 aromatic carbocycles. The van der Waals surface area contributed by atoms with E-state index in [4.69, 9.17) is 6.92 Å². The summed E-state index contributed by atoms with van der Waals surface area (Å²) in [7, 11) is 0. The molecular formula is C28H20N2O2. The lowest BCUT2D eigenvalue weighted by molar-refractivity contribution is 0.0980. The summed E-state index contributed by atoms with van der Waals surface area (Å²) in [5.74, 6) is -0.355. The second-order valence-corrected chi connectivity index (χ2v) is 7.85. The van der Waals surface area contributed by atoms with Crippen molar-refractivity contribution in [2.24, 2.45) is 0 Å². The van der Waals surface area contributed by atoms with Crippen LogP contribution in [0.25, 0.3) is 0 Å². The minimum atomic E-state index is -0.180. The van der Waals surface area contributed by atoms with Crippen LogP contribution in [-0.4, -0.2) is 11.6 Å². The molecule has 1 aliphatic carbocycles. The molecule has 154 valence electrons. The molecule has 0 saturated heterocycles. The van der Waals surface area contributed by atoms with E-state index < -0.39 is 0 Å². The Morgan fingerprint density at radius 1 is 0.594 bits per heavy atom. The zero-order valence-electron chi connectivity index (χ0n) is 17.5. The predicted octanol–water partition coefficient (Wildman–Crippen LogP) is 6.32.